The van der Waals surface area contributed by atoms with Gasteiger partial charge in [0.25, 0.3) is 0 Å². The molecule has 14 heavy (non-hydrogen) atoms. The Bertz CT molecular complexity index is 325. The quantitative estimate of drug-likeness (QED) is 0.540. The minimum atomic E-state index is -0.253. The smallest absolute Gasteiger partial charge is 0.333 e. The fourth-order valence-corrected chi connectivity index (χ4v) is 1.24. The van der Waals surface area contributed by atoms with E-state index in [9.17, 15) is 4.79 Å². The minimum Gasteiger partial charge on any atom is -0.466 e. The van der Waals surface area contributed by atoms with Crippen molar-refractivity contribution in [2.45, 2.75) is 13.3 Å². The Morgan fingerprint density at radius 2 is 2.00 bits per heavy atom. The lowest BCUT2D eigenvalue weighted by Gasteiger charge is -2.04. The van der Waals surface area contributed by atoms with Gasteiger partial charge in [-0.1, -0.05) is 36.4 Å². The van der Waals surface area contributed by atoms with Crippen molar-refractivity contribution in [3.05, 3.63) is 47.5 Å². The number of allylic oxidation sites excluding steroid dienone is 1. The van der Waals surface area contributed by atoms with E-state index in [1.54, 1.807) is 6.08 Å². The summed E-state index contributed by atoms with van der Waals surface area (Å²) in [6.45, 7) is 1.84. The van der Waals surface area contributed by atoms with E-state index in [0.29, 0.717) is 12.0 Å². The van der Waals surface area contributed by atoms with Crippen molar-refractivity contribution in [3.8, 4) is 0 Å². The van der Waals surface area contributed by atoms with E-state index in [-0.39, 0.29) is 5.97 Å². The maximum atomic E-state index is 11.3. The zero-order chi connectivity index (χ0) is 10.4. The monoisotopic (exact) mass is 190 g/mol. The number of esters is 1. The second kappa shape index (κ2) is 5.22. The molecular weight excluding hydrogens is 176 g/mol. The Balaban J connectivity index is 2.73. The van der Waals surface area contributed by atoms with Gasteiger partial charge in [-0.2, -0.15) is 0 Å². The van der Waals surface area contributed by atoms with E-state index < -0.39 is 0 Å². The molecule has 0 radical (unpaired) electrons. The number of hydrogen-bond acceptors (Lipinski definition) is 2. The molecule has 0 saturated carbocycles. The van der Waals surface area contributed by atoms with Gasteiger partial charge in [0.05, 0.1) is 7.11 Å². The van der Waals surface area contributed by atoms with E-state index in [2.05, 4.69) is 4.74 Å². The summed E-state index contributed by atoms with van der Waals surface area (Å²) in [5, 5.41) is 0. The predicted molar refractivity (Wildman–Crippen MR) is 55.9 cm³/mol. The van der Waals surface area contributed by atoms with E-state index in [4.69, 9.17) is 0 Å². The van der Waals surface area contributed by atoms with Crippen LogP contribution in [0.2, 0.25) is 0 Å². The molecule has 0 aliphatic rings. The van der Waals surface area contributed by atoms with Crippen molar-refractivity contribution in [2.75, 3.05) is 7.11 Å². The van der Waals surface area contributed by atoms with Crippen LogP contribution in [0, 0.1) is 0 Å². The average molecular weight is 190 g/mol. The first-order valence-corrected chi connectivity index (χ1v) is 4.55. The molecule has 0 atom stereocenters. The first-order chi connectivity index (χ1) is 6.77. The molecule has 0 aliphatic heterocycles. The van der Waals surface area contributed by atoms with Crippen LogP contribution in [0.1, 0.15) is 12.5 Å². The van der Waals surface area contributed by atoms with Gasteiger partial charge in [0.2, 0.25) is 0 Å². The number of benzene rings is 1. The highest BCUT2D eigenvalue weighted by Gasteiger charge is 2.08. The maximum Gasteiger partial charge on any atom is 0.333 e. The van der Waals surface area contributed by atoms with Crippen LogP contribution < -0.4 is 0 Å². The molecule has 0 unspecified atom stereocenters. The first-order valence-electron chi connectivity index (χ1n) is 4.55. The molecule has 0 bridgehead atoms. The Kier molecular flexibility index (Phi) is 3.92. The van der Waals surface area contributed by atoms with Crippen LogP contribution in [0.15, 0.2) is 42.0 Å². The number of ether oxygens (including phenoxy) is 1. The van der Waals surface area contributed by atoms with E-state index >= 15 is 0 Å². The van der Waals surface area contributed by atoms with Crippen LogP contribution in [0.25, 0.3) is 0 Å². The third-order valence-corrected chi connectivity index (χ3v) is 2.03. The number of hydrogen-bond donors (Lipinski definition) is 0. The Labute approximate surface area is 84.2 Å². The molecule has 1 aromatic carbocycles. The van der Waals surface area contributed by atoms with Crippen LogP contribution in [0.4, 0.5) is 0 Å². The third-order valence-electron chi connectivity index (χ3n) is 2.03. The number of carbonyl (C=O) groups excluding carboxylic acids is 1. The Hall–Kier alpha value is -1.57. The second-order valence-electron chi connectivity index (χ2n) is 2.97. The molecule has 0 saturated heterocycles. The van der Waals surface area contributed by atoms with Crippen molar-refractivity contribution in [1.82, 2.24) is 0 Å². The van der Waals surface area contributed by atoms with Gasteiger partial charge in [-0.25, -0.2) is 4.79 Å². The van der Waals surface area contributed by atoms with Gasteiger partial charge in [0.15, 0.2) is 0 Å². The largest absolute Gasteiger partial charge is 0.466 e. The van der Waals surface area contributed by atoms with Gasteiger partial charge < -0.3 is 4.74 Å². The summed E-state index contributed by atoms with van der Waals surface area (Å²) in [7, 11) is 1.40. The molecular formula is C12H14O2. The summed E-state index contributed by atoms with van der Waals surface area (Å²) in [4.78, 5) is 11.3. The average Bonchev–Trinajstić information content (AvgIpc) is 2.26. The molecule has 0 N–H and O–H groups in total. The van der Waals surface area contributed by atoms with Crippen molar-refractivity contribution in [3.63, 3.8) is 0 Å². The molecule has 0 aliphatic carbocycles. The summed E-state index contributed by atoms with van der Waals surface area (Å²) in [6, 6.07) is 9.86. The van der Waals surface area contributed by atoms with E-state index in [1.807, 2.05) is 37.3 Å². The zero-order valence-electron chi connectivity index (χ0n) is 8.49. The molecule has 2 heteroatoms. The van der Waals surface area contributed by atoms with Crippen LogP contribution in [0.3, 0.4) is 0 Å². The summed E-state index contributed by atoms with van der Waals surface area (Å²) < 4.78 is 4.67. The van der Waals surface area contributed by atoms with Crippen molar-refractivity contribution < 1.29 is 9.53 Å². The minimum absolute atomic E-state index is 0.253. The van der Waals surface area contributed by atoms with Crippen LogP contribution >= 0.6 is 0 Å². The highest BCUT2D eigenvalue weighted by atomic mass is 16.5. The topological polar surface area (TPSA) is 26.3 Å². The van der Waals surface area contributed by atoms with Crippen LogP contribution in [0.5, 0.6) is 0 Å². The zero-order valence-corrected chi connectivity index (χ0v) is 8.49. The lowest BCUT2D eigenvalue weighted by molar-refractivity contribution is -0.136. The standard InChI is InChI=1S/C12H14O2/c1-3-11(12(13)14-2)9-10-7-5-4-6-8-10/h3-8H,9H2,1-2H3. The van der Waals surface area contributed by atoms with Gasteiger partial charge in [-0.05, 0) is 12.5 Å². The van der Waals surface area contributed by atoms with Gasteiger partial charge >= 0.3 is 5.97 Å². The third kappa shape index (κ3) is 2.73. The van der Waals surface area contributed by atoms with Crippen LogP contribution in [-0.2, 0) is 16.0 Å². The molecule has 0 heterocycles. The molecule has 0 spiro atoms. The molecule has 2 nitrogen and oxygen atoms in total. The highest BCUT2D eigenvalue weighted by Crippen LogP contribution is 2.08. The fourth-order valence-electron chi connectivity index (χ4n) is 1.24. The maximum absolute atomic E-state index is 11.3. The number of methoxy groups -OCH3 is 1. The van der Waals surface area contributed by atoms with Gasteiger partial charge in [-0.3, -0.25) is 0 Å². The summed E-state index contributed by atoms with van der Waals surface area (Å²) in [5.41, 5.74) is 1.81. The highest BCUT2D eigenvalue weighted by molar-refractivity contribution is 5.88. The van der Waals surface area contributed by atoms with Crippen molar-refractivity contribution >= 4 is 5.97 Å². The SMILES string of the molecule is CC=C(Cc1ccccc1)C(=O)OC. The lowest BCUT2D eigenvalue weighted by Crippen LogP contribution is -2.06. The molecule has 0 amide bonds. The second-order valence-corrected chi connectivity index (χ2v) is 2.97. The Morgan fingerprint density at radius 3 is 2.50 bits per heavy atom. The van der Waals surface area contributed by atoms with Crippen LogP contribution in [-0.4, -0.2) is 13.1 Å². The molecule has 1 rings (SSSR count). The van der Waals surface area contributed by atoms with Crippen molar-refractivity contribution in [2.24, 2.45) is 0 Å². The Morgan fingerprint density at radius 1 is 1.36 bits per heavy atom. The molecule has 1 aromatic rings. The van der Waals surface area contributed by atoms with E-state index in [1.165, 1.54) is 7.11 Å². The number of rotatable bonds is 3. The number of carbonyl (C=O) groups is 1. The predicted octanol–water partition coefficient (Wildman–Crippen LogP) is 2.35. The summed E-state index contributed by atoms with van der Waals surface area (Å²) in [5.74, 6) is -0.253. The van der Waals surface area contributed by atoms with E-state index in [0.717, 1.165) is 5.56 Å². The summed E-state index contributed by atoms with van der Waals surface area (Å²) >= 11 is 0. The van der Waals surface area contributed by atoms with Crippen molar-refractivity contribution in [1.29, 1.82) is 0 Å². The van der Waals surface area contributed by atoms with Gasteiger partial charge in [0, 0.05) is 12.0 Å². The fraction of sp³-hybridized carbons (Fsp3) is 0.250. The van der Waals surface area contributed by atoms with Gasteiger partial charge in [-0.15, -0.1) is 0 Å². The normalized spacial score (nSPS) is 11.1. The molecule has 74 valence electrons. The van der Waals surface area contributed by atoms with Gasteiger partial charge in [0.1, 0.15) is 0 Å². The lowest BCUT2D eigenvalue weighted by atomic mass is 10.1. The molecule has 0 fully saturated rings. The molecule has 0 aromatic heterocycles. The summed E-state index contributed by atoms with van der Waals surface area (Å²) in [6.07, 6.45) is 2.42. The first kappa shape index (κ1) is 10.5.